The summed E-state index contributed by atoms with van der Waals surface area (Å²) in [5, 5.41) is 20.0. The molecule has 4 atom stereocenters. The molecule has 0 bridgehead atoms. The topological polar surface area (TPSA) is 44.0 Å². The fraction of sp³-hybridized carbons (Fsp3) is 0.462. The fourth-order valence-corrected chi connectivity index (χ4v) is 3.18. The van der Waals surface area contributed by atoms with Crippen molar-refractivity contribution >= 4 is 11.6 Å². The van der Waals surface area contributed by atoms with Crippen LogP contribution >= 0.6 is 11.6 Å². The molecule has 0 aliphatic heterocycles. The summed E-state index contributed by atoms with van der Waals surface area (Å²) in [5.74, 6) is 1.00. The average Bonchev–Trinajstić information content (AvgIpc) is 2.77. The van der Waals surface area contributed by atoms with Crippen LogP contribution in [0.15, 0.2) is 24.3 Å². The molecule has 1 aromatic carbocycles. The molecule has 2 aliphatic rings. The number of fused-ring (bicyclic) bond motifs is 1. The van der Waals surface area contributed by atoms with Gasteiger partial charge >= 0.3 is 0 Å². The zero-order valence-corrected chi connectivity index (χ0v) is 9.48. The van der Waals surface area contributed by atoms with Crippen molar-refractivity contribution in [3.8, 4) is 6.07 Å². The highest BCUT2D eigenvalue weighted by Crippen LogP contribution is 2.63. The minimum absolute atomic E-state index is 0.188. The number of aliphatic hydroxyl groups is 1. The zero-order chi connectivity index (χ0) is 11.3. The van der Waals surface area contributed by atoms with Crippen LogP contribution in [0.2, 0.25) is 5.02 Å². The van der Waals surface area contributed by atoms with E-state index in [4.69, 9.17) is 16.9 Å². The fourth-order valence-electron chi connectivity index (χ4n) is 3.05. The first-order valence-corrected chi connectivity index (χ1v) is 5.90. The lowest BCUT2D eigenvalue weighted by Gasteiger charge is -2.25. The lowest BCUT2D eigenvalue weighted by atomic mass is 9.87. The van der Waals surface area contributed by atoms with E-state index in [1.807, 2.05) is 12.1 Å². The summed E-state index contributed by atoms with van der Waals surface area (Å²) >= 11 is 5.82. The van der Waals surface area contributed by atoms with Crippen LogP contribution in [-0.2, 0) is 5.60 Å². The van der Waals surface area contributed by atoms with Gasteiger partial charge in [0.15, 0.2) is 0 Å². The number of rotatable bonds is 1. The van der Waals surface area contributed by atoms with E-state index in [1.54, 1.807) is 12.1 Å². The van der Waals surface area contributed by atoms with Gasteiger partial charge in [-0.05, 0) is 42.4 Å². The van der Waals surface area contributed by atoms with Crippen molar-refractivity contribution in [2.45, 2.75) is 18.4 Å². The van der Waals surface area contributed by atoms with Gasteiger partial charge in [0.25, 0.3) is 0 Å². The highest BCUT2D eigenvalue weighted by atomic mass is 35.5. The van der Waals surface area contributed by atoms with Crippen LogP contribution < -0.4 is 0 Å². The second-order valence-corrected chi connectivity index (χ2v) is 5.37. The maximum absolute atomic E-state index is 10.5. The molecule has 1 aromatic rings. The van der Waals surface area contributed by atoms with Gasteiger partial charge < -0.3 is 5.11 Å². The van der Waals surface area contributed by atoms with Gasteiger partial charge in [-0.15, -0.1) is 0 Å². The molecule has 2 saturated carbocycles. The highest BCUT2D eigenvalue weighted by molar-refractivity contribution is 6.30. The van der Waals surface area contributed by atoms with E-state index < -0.39 is 5.60 Å². The Kier molecular flexibility index (Phi) is 2.04. The van der Waals surface area contributed by atoms with E-state index in [9.17, 15) is 5.11 Å². The average molecular weight is 234 g/mol. The Labute approximate surface area is 99.5 Å². The maximum Gasteiger partial charge on any atom is 0.0903 e. The molecule has 1 unspecified atom stereocenters. The minimum Gasteiger partial charge on any atom is -0.385 e. The Bertz CT molecular complexity index is 450. The lowest BCUT2D eigenvalue weighted by molar-refractivity contribution is 0.0283. The van der Waals surface area contributed by atoms with Gasteiger partial charge in [0.05, 0.1) is 17.6 Å². The first kappa shape index (κ1) is 10.1. The molecule has 0 radical (unpaired) electrons. The summed E-state index contributed by atoms with van der Waals surface area (Å²) in [6, 6.07) is 9.69. The van der Waals surface area contributed by atoms with Crippen LogP contribution in [0.1, 0.15) is 18.4 Å². The third-order valence-electron chi connectivity index (χ3n) is 4.01. The summed E-state index contributed by atoms with van der Waals surface area (Å²) in [5.41, 5.74) is 0.202. The van der Waals surface area contributed by atoms with E-state index in [0.717, 1.165) is 18.4 Å². The second kappa shape index (κ2) is 3.23. The Hall–Kier alpha value is -1.04. The Morgan fingerprint density at radius 3 is 2.31 bits per heavy atom. The number of hydrogen-bond donors (Lipinski definition) is 1. The summed E-state index contributed by atoms with van der Waals surface area (Å²) < 4.78 is 0. The molecular weight excluding hydrogens is 222 g/mol. The van der Waals surface area contributed by atoms with Crippen molar-refractivity contribution in [1.29, 1.82) is 5.26 Å². The van der Waals surface area contributed by atoms with E-state index in [-0.39, 0.29) is 5.92 Å². The lowest BCUT2D eigenvalue weighted by Crippen LogP contribution is -2.24. The number of halogens is 1. The van der Waals surface area contributed by atoms with Gasteiger partial charge in [-0.2, -0.15) is 5.26 Å². The normalized spacial score (nSPS) is 40.2. The van der Waals surface area contributed by atoms with E-state index >= 15 is 0 Å². The largest absolute Gasteiger partial charge is 0.385 e. The van der Waals surface area contributed by atoms with Crippen molar-refractivity contribution in [2.24, 2.45) is 17.8 Å². The van der Waals surface area contributed by atoms with E-state index in [0.29, 0.717) is 16.9 Å². The molecule has 2 nitrogen and oxygen atoms in total. The molecule has 16 heavy (non-hydrogen) atoms. The molecular formula is C13H12ClNO. The third-order valence-corrected chi connectivity index (χ3v) is 4.26. The molecule has 0 saturated heterocycles. The van der Waals surface area contributed by atoms with Crippen LogP contribution in [0.4, 0.5) is 0 Å². The zero-order valence-electron chi connectivity index (χ0n) is 8.73. The quantitative estimate of drug-likeness (QED) is 0.811. The molecule has 2 fully saturated rings. The SMILES string of the molecule is N#C[C@@H]1[C@H]2CC(O)(c3ccc(Cl)cc3)C[C@@H]12. The van der Waals surface area contributed by atoms with Gasteiger partial charge in [0, 0.05) is 5.02 Å². The first-order valence-electron chi connectivity index (χ1n) is 5.52. The van der Waals surface area contributed by atoms with Crippen molar-refractivity contribution in [3.63, 3.8) is 0 Å². The maximum atomic E-state index is 10.5. The van der Waals surface area contributed by atoms with Crippen molar-refractivity contribution < 1.29 is 5.11 Å². The molecule has 2 aliphatic carbocycles. The summed E-state index contributed by atoms with van der Waals surface area (Å²) in [7, 11) is 0. The Morgan fingerprint density at radius 2 is 1.81 bits per heavy atom. The first-order chi connectivity index (χ1) is 7.64. The molecule has 3 heteroatoms. The summed E-state index contributed by atoms with van der Waals surface area (Å²) in [6.45, 7) is 0. The standard InChI is InChI=1S/C13H12ClNO/c14-9-3-1-8(2-4-9)13(16)5-10-11(6-13)12(10)7-15/h1-4,10-12,16H,5-6H2/t10-,11+,12+,13?. The van der Waals surface area contributed by atoms with Crippen molar-refractivity contribution in [2.75, 3.05) is 0 Å². The summed E-state index contributed by atoms with van der Waals surface area (Å²) in [6.07, 6.45) is 1.44. The van der Waals surface area contributed by atoms with Crippen LogP contribution in [0, 0.1) is 29.1 Å². The molecule has 3 rings (SSSR count). The van der Waals surface area contributed by atoms with Crippen molar-refractivity contribution in [1.82, 2.24) is 0 Å². The van der Waals surface area contributed by atoms with Crippen molar-refractivity contribution in [3.05, 3.63) is 34.9 Å². The van der Waals surface area contributed by atoms with E-state index in [1.165, 1.54) is 0 Å². The predicted octanol–water partition coefficient (Wildman–Crippen LogP) is 2.71. The van der Waals surface area contributed by atoms with Gasteiger partial charge in [0.2, 0.25) is 0 Å². The van der Waals surface area contributed by atoms with Crippen LogP contribution in [0.5, 0.6) is 0 Å². The second-order valence-electron chi connectivity index (χ2n) is 4.93. The number of nitrogens with zero attached hydrogens (tertiary/aromatic N) is 1. The monoisotopic (exact) mass is 233 g/mol. The smallest absolute Gasteiger partial charge is 0.0903 e. The number of hydrogen-bond acceptors (Lipinski definition) is 2. The van der Waals surface area contributed by atoms with Crippen LogP contribution in [-0.4, -0.2) is 5.11 Å². The minimum atomic E-state index is -0.729. The summed E-state index contributed by atoms with van der Waals surface area (Å²) in [4.78, 5) is 0. The number of benzene rings is 1. The Balaban J connectivity index is 1.82. The Morgan fingerprint density at radius 1 is 1.25 bits per heavy atom. The molecule has 0 heterocycles. The van der Waals surface area contributed by atoms with Gasteiger partial charge in [0.1, 0.15) is 0 Å². The van der Waals surface area contributed by atoms with Gasteiger partial charge in [-0.1, -0.05) is 23.7 Å². The number of nitriles is 1. The van der Waals surface area contributed by atoms with E-state index in [2.05, 4.69) is 6.07 Å². The van der Waals surface area contributed by atoms with Crippen LogP contribution in [0.25, 0.3) is 0 Å². The molecule has 0 aromatic heterocycles. The predicted molar refractivity (Wildman–Crippen MR) is 60.7 cm³/mol. The molecule has 0 amide bonds. The molecule has 0 spiro atoms. The molecule has 1 N–H and O–H groups in total. The molecule has 82 valence electrons. The van der Waals surface area contributed by atoms with Gasteiger partial charge in [-0.25, -0.2) is 0 Å². The third kappa shape index (κ3) is 1.36. The van der Waals surface area contributed by atoms with Crippen LogP contribution in [0.3, 0.4) is 0 Å². The van der Waals surface area contributed by atoms with Gasteiger partial charge in [-0.3, -0.25) is 0 Å². The highest BCUT2D eigenvalue weighted by Gasteiger charge is 2.61.